The van der Waals surface area contributed by atoms with Gasteiger partial charge in [0.1, 0.15) is 17.6 Å². The van der Waals surface area contributed by atoms with Crippen LogP contribution in [-0.4, -0.2) is 52.7 Å². The molecule has 0 atom stereocenters. The summed E-state index contributed by atoms with van der Waals surface area (Å²) in [6, 6.07) is 3.29. The normalized spacial score (nSPS) is 17.0. The van der Waals surface area contributed by atoms with E-state index in [0.717, 1.165) is 18.0 Å². The van der Waals surface area contributed by atoms with E-state index in [1.807, 2.05) is 0 Å². The van der Waals surface area contributed by atoms with Crippen LogP contribution in [0.15, 0.2) is 24.4 Å². The number of hydrogen-bond acceptors (Lipinski definition) is 7. The molecule has 1 fully saturated rings. The second kappa shape index (κ2) is 9.51. The Hall–Kier alpha value is -3.56. The van der Waals surface area contributed by atoms with Crippen LogP contribution in [0.1, 0.15) is 36.8 Å². The first-order valence-electron chi connectivity index (χ1n) is 10.8. The van der Waals surface area contributed by atoms with Gasteiger partial charge in [-0.3, -0.25) is 4.79 Å². The van der Waals surface area contributed by atoms with E-state index in [1.165, 1.54) is 25.3 Å². The van der Waals surface area contributed by atoms with Crippen molar-refractivity contribution in [1.29, 1.82) is 5.41 Å². The molecule has 0 bridgehead atoms. The number of piperidine rings is 1. The van der Waals surface area contributed by atoms with Gasteiger partial charge in [-0.05, 0) is 12.1 Å². The first-order valence-corrected chi connectivity index (χ1v) is 10.8. The molecule has 10 heteroatoms. The average molecular weight is 456 g/mol. The zero-order valence-corrected chi connectivity index (χ0v) is 18.4. The first kappa shape index (κ1) is 22.6. The number of benzene rings is 1. The Morgan fingerprint density at radius 2 is 1.97 bits per heavy atom. The summed E-state index contributed by atoms with van der Waals surface area (Å²) >= 11 is 0. The molecule has 0 radical (unpaired) electrons. The molecule has 33 heavy (non-hydrogen) atoms. The Labute approximate surface area is 190 Å². The van der Waals surface area contributed by atoms with Gasteiger partial charge < -0.3 is 25.7 Å². The van der Waals surface area contributed by atoms with E-state index in [4.69, 9.17) is 25.8 Å². The Balaban J connectivity index is 1.55. The maximum absolute atomic E-state index is 13.9. The number of nitrogens with zero attached hydrogens (tertiary/aromatic N) is 4. The van der Waals surface area contributed by atoms with E-state index in [2.05, 4.69) is 4.90 Å². The fourth-order valence-corrected chi connectivity index (χ4v) is 4.14. The van der Waals surface area contributed by atoms with Gasteiger partial charge in [0, 0.05) is 69.9 Å². The molecule has 4 rings (SSSR count). The number of carbonyl (C=O) groups excluding carboxylic acids is 1. The molecule has 1 saturated heterocycles. The molecule has 0 unspecified atom stereocenters. The minimum atomic E-state index is -0.719. The minimum absolute atomic E-state index is 0.0191. The number of aromatic nitrogens is 2. The summed E-state index contributed by atoms with van der Waals surface area (Å²) in [7, 11) is 0. The molecule has 174 valence electrons. The third-order valence-electron chi connectivity index (χ3n) is 5.97. The number of amides is 1. The van der Waals surface area contributed by atoms with Gasteiger partial charge in [0.25, 0.3) is 0 Å². The smallest absolute Gasteiger partial charge is 0.219 e. The van der Waals surface area contributed by atoms with Crippen molar-refractivity contribution in [2.24, 2.45) is 5.73 Å². The van der Waals surface area contributed by atoms with Gasteiger partial charge in [-0.1, -0.05) is 0 Å². The number of allylic oxidation sites excluding steroid dienone is 1. The van der Waals surface area contributed by atoms with Crippen molar-refractivity contribution < 1.29 is 18.3 Å². The molecule has 0 aliphatic carbocycles. The number of nitrogens with one attached hydrogen (secondary N) is 1. The maximum atomic E-state index is 13.9. The third-order valence-corrected chi connectivity index (χ3v) is 5.97. The standard InChI is InChI=1S/C23H26F2N6O2/c1-14(32)31-9-6-19-20(13-31)28-22(15(11-26)12-27)23(29-19)30-7-4-17(5-8-30)33-21-3-2-16(24)10-18(21)25/h2-3,10-12,17,26H,4-9,13,27H2,1H3/b15-12+,26-11?. The van der Waals surface area contributed by atoms with Gasteiger partial charge in [-0.2, -0.15) is 0 Å². The van der Waals surface area contributed by atoms with Gasteiger partial charge in [0.15, 0.2) is 17.4 Å². The lowest BCUT2D eigenvalue weighted by molar-refractivity contribution is -0.129. The van der Waals surface area contributed by atoms with E-state index in [1.54, 1.807) is 4.90 Å². The van der Waals surface area contributed by atoms with E-state index >= 15 is 0 Å². The molecule has 1 aromatic carbocycles. The Morgan fingerprint density at radius 1 is 1.21 bits per heavy atom. The Bertz CT molecular complexity index is 1100. The van der Waals surface area contributed by atoms with Crippen LogP contribution in [0, 0.1) is 17.0 Å². The summed E-state index contributed by atoms with van der Waals surface area (Å²) < 4.78 is 32.9. The fraction of sp³-hybridized carbons (Fsp3) is 0.391. The second-order valence-electron chi connectivity index (χ2n) is 8.13. The highest BCUT2D eigenvalue weighted by atomic mass is 19.1. The summed E-state index contributed by atoms with van der Waals surface area (Å²) in [6.45, 7) is 3.66. The number of fused-ring (bicyclic) bond motifs is 1. The predicted molar refractivity (Wildman–Crippen MR) is 120 cm³/mol. The summed E-state index contributed by atoms with van der Waals surface area (Å²) in [5, 5.41) is 7.74. The lowest BCUT2D eigenvalue weighted by atomic mass is 10.0. The van der Waals surface area contributed by atoms with Crippen molar-refractivity contribution in [3.05, 3.63) is 53.1 Å². The fourth-order valence-electron chi connectivity index (χ4n) is 4.14. The molecule has 3 N–H and O–H groups in total. The zero-order chi connectivity index (χ0) is 23.5. The molecule has 2 aliphatic heterocycles. The van der Waals surface area contributed by atoms with Crippen LogP contribution in [0.2, 0.25) is 0 Å². The Kier molecular flexibility index (Phi) is 6.52. The molecule has 2 aromatic rings. The molecule has 1 amide bonds. The van der Waals surface area contributed by atoms with Crippen molar-refractivity contribution in [1.82, 2.24) is 14.9 Å². The molecule has 8 nitrogen and oxygen atoms in total. The summed E-state index contributed by atoms with van der Waals surface area (Å²) in [4.78, 5) is 25.2. The highest BCUT2D eigenvalue weighted by Gasteiger charge is 2.28. The van der Waals surface area contributed by atoms with Crippen molar-refractivity contribution in [3.8, 4) is 5.75 Å². The quantitative estimate of drug-likeness (QED) is 0.670. The lowest BCUT2D eigenvalue weighted by Crippen LogP contribution is -2.40. The van der Waals surface area contributed by atoms with Crippen LogP contribution >= 0.6 is 0 Å². The van der Waals surface area contributed by atoms with Crippen LogP contribution in [-0.2, 0) is 17.8 Å². The number of halogens is 2. The molecular formula is C23H26F2N6O2. The Morgan fingerprint density at radius 3 is 2.61 bits per heavy atom. The van der Waals surface area contributed by atoms with Crippen molar-refractivity contribution in [3.63, 3.8) is 0 Å². The first-order chi connectivity index (χ1) is 15.9. The molecule has 0 spiro atoms. The summed E-state index contributed by atoms with van der Waals surface area (Å²) in [5.41, 5.74) is 8.23. The number of nitrogens with two attached hydrogens (primary N) is 1. The van der Waals surface area contributed by atoms with Crippen LogP contribution in [0.5, 0.6) is 5.75 Å². The second-order valence-corrected chi connectivity index (χ2v) is 8.13. The molecular weight excluding hydrogens is 430 g/mol. The molecule has 0 saturated carbocycles. The maximum Gasteiger partial charge on any atom is 0.219 e. The average Bonchev–Trinajstić information content (AvgIpc) is 2.81. The monoisotopic (exact) mass is 456 g/mol. The molecule has 3 heterocycles. The van der Waals surface area contributed by atoms with Crippen LogP contribution < -0.4 is 15.4 Å². The summed E-state index contributed by atoms with van der Waals surface area (Å²) in [6.07, 6.45) is 4.07. The largest absolute Gasteiger partial charge is 0.487 e. The van der Waals surface area contributed by atoms with Crippen molar-refractivity contribution >= 4 is 23.5 Å². The number of hydrogen-bond donors (Lipinski definition) is 2. The number of anilines is 1. The molecule has 2 aliphatic rings. The third kappa shape index (κ3) is 4.79. The summed E-state index contributed by atoms with van der Waals surface area (Å²) in [5.74, 6) is -0.708. The van der Waals surface area contributed by atoms with E-state index < -0.39 is 11.6 Å². The van der Waals surface area contributed by atoms with E-state index in [0.29, 0.717) is 68.2 Å². The predicted octanol–water partition coefficient (Wildman–Crippen LogP) is 2.66. The van der Waals surface area contributed by atoms with Crippen LogP contribution in [0.3, 0.4) is 0 Å². The van der Waals surface area contributed by atoms with Crippen LogP contribution in [0.25, 0.3) is 5.57 Å². The number of rotatable bonds is 5. The zero-order valence-electron chi connectivity index (χ0n) is 18.4. The van der Waals surface area contributed by atoms with Gasteiger partial charge >= 0.3 is 0 Å². The molecule has 1 aromatic heterocycles. The van der Waals surface area contributed by atoms with Gasteiger partial charge in [-0.25, -0.2) is 18.7 Å². The van der Waals surface area contributed by atoms with Crippen LogP contribution in [0.4, 0.5) is 14.6 Å². The van der Waals surface area contributed by atoms with Crippen molar-refractivity contribution in [2.45, 2.75) is 38.8 Å². The minimum Gasteiger partial charge on any atom is -0.487 e. The van der Waals surface area contributed by atoms with Gasteiger partial charge in [0.2, 0.25) is 5.91 Å². The highest BCUT2D eigenvalue weighted by molar-refractivity contribution is 6.09. The lowest BCUT2D eigenvalue weighted by Gasteiger charge is -2.35. The van der Waals surface area contributed by atoms with Gasteiger partial charge in [0.05, 0.1) is 17.9 Å². The topological polar surface area (TPSA) is 108 Å². The van der Waals surface area contributed by atoms with Crippen molar-refractivity contribution in [2.75, 3.05) is 24.5 Å². The van der Waals surface area contributed by atoms with E-state index in [-0.39, 0.29) is 17.8 Å². The highest BCUT2D eigenvalue weighted by Crippen LogP contribution is 2.30. The number of carbonyl (C=O) groups is 1. The van der Waals surface area contributed by atoms with E-state index in [9.17, 15) is 13.6 Å². The SMILES string of the molecule is CC(=O)N1CCc2nc(N3CCC(Oc4ccc(F)cc4F)CC3)c(/C(C=N)=C/N)nc2C1. The van der Waals surface area contributed by atoms with Gasteiger partial charge in [-0.15, -0.1) is 0 Å². The number of ether oxygens (including phenoxy) is 1.